The van der Waals surface area contributed by atoms with E-state index in [1.807, 2.05) is 6.92 Å². The number of benzene rings is 1. The van der Waals surface area contributed by atoms with Crippen LogP contribution in [0.4, 0.5) is 0 Å². The van der Waals surface area contributed by atoms with Gasteiger partial charge in [0.25, 0.3) is 0 Å². The lowest BCUT2D eigenvalue weighted by Gasteiger charge is -2.11. The summed E-state index contributed by atoms with van der Waals surface area (Å²) in [5.41, 5.74) is 1.24. The summed E-state index contributed by atoms with van der Waals surface area (Å²) in [6.07, 6.45) is 1.68. The quantitative estimate of drug-likeness (QED) is 0.835. The molecule has 0 heterocycles. The van der Waals surface area contributed by atoms with Crippen LogP contribution in [-0.2, 0) is 17.3 Å². The van der Waals surface area contributed by atoms with Gasteiger partial charge in [0.2, 0.25) is 0 Å². The normalized spacial score (nSPS) is 14.2. The molecule has 6 heteroatoms. The van der Waals surface area contributed by atoms with Gasteiger partial charge in [-0.2, -0.15) is 0 Å². The third-order valence-corrected chi connectivity index (χ3v) is 4.65. The Labute approximate surface area is 117 Å². The molecule has 0 bridgehead atoms. The number of rotatable bonds is 6. The van der Waals surface area contributed by atoms with Crippen molar-refractivity contribution in [3.8, 4) is 0 Å². The highest BCUT2D eigenvalue weighted by molar-refractivity contribution is 9.10. The van der Waals surface area contributed by atoms with Crippen LogP contribution in [0.3, 0.4) is 0 Å². The molecule has 0 aliphatic carbocycles. The fraction of sp³-hybridized carbons (Fsp3) is 0.417. The first-order chi connectivity index (χ1) is 8.41. The highest BCUT2D eigenvalue weighted by Gasteiger charge is 2.08. The van der Waals surface area contributed by atoms with Crippen molar-refractivity contribution in [1.82, 2.24) is 5.32 Å². The van der Waals surface area contributed by atoms with E-state index >= 15 is 0 Å². The maximum atomic E-state index is 11.2. The molecule has 0 aliphatic heterocycles. The molecule has 1 aromatic carbocycles. The number of nitrogens with one attached hydrogen (secondary N) is 1. The average Bonchev–Trinajstić information content (AvgIpc) is 2.30. The number of hydrogen-bond donors (Lipinski definition) is 2. The van der Waals surface area contributed by atoms with Crippen LogP contribution in [-0.4, -0.2) is 33.3 Å². The first-order valence-corrected chi connectivity index (χ1v) is 7.88. The van der Waals surface area contributed by atoms with Gasteiger partial charge in [0.1, 0.15) is 0 Å². The van der Waals surface area contributed by atoms with Crippen LogP contribution >= 0.6 is 15.9 Å². The smallest absolute Gasteiger partial charge is 0.335 e. The summed E-state index contributed by atoms with van der Waals surface area (Å²) in [5, 5.41) is 12.1. The molecule has 0 radical (unpaired) electrons. The first-order valence-electron chi connectivity index (χ1n) is 5.46. The summed E-state index contributed by atoms with van der Waals surface area (Å²) in [5.74, 6) is -0.940. The Morgan fingerprint density at radius 1 is 1.56 bits per heavy atom. The molecule has 0 amide bonds. The Morgan fingerprint density at radius 3 is 2.72 bits per heavy atom. The van der Waals surface area contributed by atoms with E-state index in [1.54, 1.807) is 24.5 Å². The average molecular weight is 334 g/mol. The molecular weight excluding hydrogens is 318 g/mol. The van der Waals surface area contributed by atoms with Crippen LogP contribution in [0.1, 0.15) is 22.8 Å². The summed E-state index contributed by atoms with van der Waals surface area (Å²) in [6, 6.07) is 4.93. The minimum atomic E-state index is -0.940. The fourth-order valence-corrected chi connectivity index (χ4v) is 2.22. The SMILES string of the molecule is CC(CNCc1ccc(C(=O)O)cc1Br)S(C)=O. The second-order valence-corrected chi connectivity index (χ2v) is 6.71. The first kappa shape index (κ1) is 15.3. The molecule has 2 N–H and O–H groups in total. The highest BCUT2D eigenvalue weighted by Crippen LogP contribution is 2.18. The number of carboxylic acids is 1. The van der Waals surface area contributed by atoms with Crippen molar-refractivity contribution in [2.45, 2.75) is 18.7 Å². The Bertz CT molecular complexity index is 465. The van der Waals surface area contributed by atoms with E-state index in [2.05, 4.69) is 21.2 Å². The number of carboxylic acid groups (broad SMARTS) is 1. The van der Waals surface area contributed by atoms with Gasteiger partial charge in [-0.25, -0.2) is 4.79 Å². The lowest BCUT2D eigenvalue weighted by Crippen LogP contribution is -2.27. The largest absolute Gasteiger partial charge is 0.478 e. The van der Waals surface area contributed by atoms with Crippen LogP contribution in [0.2, 0.25) is 0 Å². The molecule has 0 aliphatic rings. The van der Waals surface area contributed by atoms with Gasteiger partial charge < -0.3 is 10.4 Å². The molecule has 0 saturated carbocycles. The summed E-state index contributed by atoms with van der Waals surface area (Å²) < 4.78 is 11.9. The number of hydrogen-bond acceptors (Lipinski definition) is 3. The van der Waals surface area contributed by atoms with Gasteiger partial charge in [0.05, 0.1) is 5.56 Å². The maximum Gasteiger partial charge on any atom is 0.335 e. The van der Waals surface area contributed by atoms with Crippen LogP contribution in [0.5, 0.6) is 0 Å². The molecular formula is C12H16BrNO3S. The van der Waals surface area contributed by atoms with Gasteiger partial charge in [-0.3, -0.25) is 4.21 Å². The molecule has 2 atom stereocenters. The van der Waals surface area contributed by atoms with E-state index in [4.69, 9.17) is 5.11 Å². The summed E-state index contributed by atoms with van der Waals surface area (Å²) >= 11 is 3.35. The van der Waals surface area contributed by atoms with Gasteiger partial charge >= 0.3 is 5.97 Å². The van der Waals surface area contributed by atoms with Crippen molar-refractivity contribution in [2.75, 3.05) is 12.8 Å². The number of carbonyl (C=O) groups is 1. The zero-order valence-electron chi connectivity index (χ0n) is 10.3. The van der Waals surface area contributed by atoms with Crippen molar-refractivity contribution in [3.63, 3.8) is 0 Å². The van der Waals surface area contributed by atoms with Crippen molar-refractivity contribution < 1.29 is 14.1 Å². The fourth-order valence-electron chi connectivity index (χ4n) is 1.35. The summed E-state index contributed by atoms with van der Waals surface area (Å²) in [7, 11) is -0.835. The van der Waals surface area contributed by atoms with Crippen molar-refractivity contribution in [1.29, 1.82) is 0 Å². The van der Waals surface area contributed by atoms with E-state index in [-0.39, 0.29) is 10.8 Å². The molecule has 4 nitrogen and oxygen atoms in total. The molecule has 1 rings (SSSR count). The molecule has 0 fully saturated rings. The van der Waals surface area contributed by atoms with E-state index < -0.39 is 16.8 Å². The van der Waals surface area contributed by atoms with Crippen molar-refractivity contribution in [3.05, 3.63) is 33.8 Å². The zero-order chi connectivity index (χ0) is 13.7. The van der Waals surface area contributed by atoms with E-state index in [9.17, 15) is 9.00 Å². The molecule has 0 saturated heterocycles. The van der Waals surface area contributed by atoms with Gasteiger partial charge in [0, 0.05) is 39.9 Å². The minimum Gasteiger partial charge on any atom is -0.478 e. The second-order valence-electron chi connectivity index (χ2n) is 4.05. The van der Waals surface area contributed by atoms with E-state index in [1.165, 1.54) is 0 Å². The topological polar surface area (TPSA) is 66.4 Å². The molecule has 1 aromatic rings. The van der Waals surface area contributed by atoms with Gasteiger partial charge in [-0.1, -0.05) is 22.0 Å². The lowest BCUT2D eigenvalue weighted by atomic mass is 10.1. The third-order valence-electron chi connectivity index (χ3n) is 2.61. The molecule has 2 unspecified atom stereocenters. The third kappa shape index (κ3) is 4.51. The van der Waals surface area contributed by atoms with Crippen LogP contribution in [0.15, 0.2) is 22.7 Å². The van der Waals surface area contributed by atoms with Crippen molar-refractivity contribution in [2.24, 2.45) is 0 Å². The van der Waals surface area contributed by atoms with E-state index in [0.29, 0.717) is 13.1 Å². The Hall–Kier alpha value is -0.720. The highest BCUT2D eigenvalue weighted by atomic mass is 79.9. The van der Waals surface area contributed by atoms with E-state index in [0.717, 1.165) is 10.0 Å². The Kier molecular flexibility index (Phi) is 5.98. The second kappa shape index (κ2) is 7.01. The van der Waals surface area contributed by atoms with Crippen LogP contribution in [0, 0.1) is 0 Å². The molecule has 18 heavy (non-hydrogen) atoms. The zero-order valence-corrected chi connectivity index (χ0v) is 12.7. The summed E-state index contributed by atoms with van der Waals surface area (Å²) in [4.78, 5) is 10.8. The Balaban J connectivity index is 2.58. The van der Waals surface area contributed by atoms with Gasteiger partial charge in [-0.05, 0) is 24.6 Å². The van der Waals surface area contributed by atoms with Gasteiger partial charge in [0.15, 0.2) is 0 Å². The summed E-state index contributed by atoms with van der Waals surface area (Å²) in [6.45, 7) is 3.20. The Morgan fingerprint density at radius 2 is 2.22 bits per heavy atom. The minimum absolute atomic E-state index is 0.0991. The predicted molar refractivity (Wildman–Crippen MR) is 76.3 cm³/mol. The maximum absolute atomic E-state index is 11.2. The molecule has 0 aromatic heterocycles. The standard InChI is InChI=1S/C12H16BrNO3S/c1-8(18(2)17)6-14-7-10-4-3-9(12(15)16)5-11(10)13/h3-5,8,14H,6-7H2,1-2H3,(H,15,16). The molecule has 100 valence electrons. The molecule has 0 spiro atoms. The van der Waals surface area contributed by atoms with Crippen LogP contribution in [0.25, 0.3) is 0 Å². The lowest BCUT2D eigenvalue weighted by molar-refractivity contribution is 0.0697. The van der Waals surface area contributed by atoms with Crippen LogP contribution < -0.4 is 5.32 Å². The monoisotopic (exact) mass is 333 g/mol. The van der Waals surface area contributed by atoms with Crippen molar-refractivity contribution >= 4 is 32.7 Å². The number of halogens is 1. The predicted octanol–water partition coefficient (Wildman–Crippen LogP) is 2.00. The number of aromatic carboxylic acids is 1. The van der Waals surface area contributed by atoms with Gasteiger partial charge in [-0.15, -0.1) is 0 Å².